The molecule has 3 atom stereocenters. The van der Waals surface area contributed by atoms with Gasteiger partial charge in [0.05, 0.1) is 6.04 Å². The summed E-state index contributed by atoms with van der Waals surface area (Å²) < 4.78 is 0. The van der Waals surface area contributed by atoms with Crippen molar-refractivity contribution in [1.82, 2.24) is 10.2 Å². The lowest BCUT2D eigenvalue weighted by Gasteiger charge is -2.27. The molecule has 2 unspecified atom stereocenters. The van der Waals surface area contributed by atoms with Crippen molar-refractivity contribution in [3.05, 3.63) is 0 Å². The van der Waals surface area contributed by atoms with Crippen LogP contribution in [0.15, 0.2) is 0 Å². The van der Waals surface area contributed by atoms with Crippen molar-refractivity contribution in [3.8, 4) is 0 Å². The minimum Gasteiger partial charge on any atom is -0.351 e. The van der Waals surface area contributed by atoms with Gasteiger partial charge in [-0.25, -0.2) is 0 Å². The first-order valence-electron chi connectivity index (χ1n) is 7.10. The lowest BCUT2D eigenvalue weighted by molar-refractivity contribution is -0.125. The maximum atomic E-state index is 12.1. The van der Waals surface area contributed by atoms with Crippen molar-refractivity contribution in [2.45, 2.75) is 71.1 Å². The summed E-state index contributed by atoms with van der Waals surface area (Å²) in [6, 6.07) is 1.22. The molecule has 0 aromatic rings. The Kier molecular flexibility index (Phi) is 3.70. The van der Waals surface area contributed by atoms with Crippen LogP contribution < -0.4 is 11.1 Å². The van der Waals surface area contributed by atoms with Crippen molar-refractivity contribution in [1.29, 1.82) is 0 Å². The van der Waals surface area contributed by atoms with Crippen LogP contribution in [-0.4, -0.2) is 41.5 Å². The first-order valence-corrected chi connectivity index (χ1v) is 7.10. The van der Waals surface area contributed by atoms with Crippen LogP contribution in [0.1, 0.15) is 47.0 Å². The topological polar surface area (TPSA) is 58.4 Å². The zero-order valence-corrected chi connectivity index (χ0v) is 12.1. The van der Waals surface area contributed by atoms with E-state index in [-0.39, 0.29) is 17.4 Å². The molecule has 0 bridgehead atoms. The molecule has 0 spiro atoms. The largest absolute Gasteiger partial charge is 0.351 e. The zero-order valence-electron chi connectivity index (χ0n) is 12.1. The van der Waals surface area contributed by atoms with Gasteiger partial charge in [0.1, 0.15) is 0 Å². The van der Waals surface area contributed by atoms with Crippen molar-refractivity contribution >= 4 is 5.91 Å². The number of likely N-dealkylation sites (tertiary alicyclic amines) is 1. The standard InChI is InChI=1S/C14H27N3O/c1-9-7-10(8-17(9)11-5-6-11)16-13(18)12(15)14(2,3)4/h9-12H,5-8,15H2,1-4H3,(H,16,18)/t9?,10?,12-/m1/s1. The fraction of sp³-hybridized carbons (Fsp3) is 0.929. The fourth-order valence-corrected chi connectivity index (χ4v) is 2.76. The van der Waals surface area contributed by atoms with Crippen molar-refractivity contribution in [2.75, 3.05) is 6.54 Å². The number of nitrogens with zero attached hydrogens (tertiary/aromatic N) is 1. The molecule has 1 saturated carbocycles. The predicted octanol–water partition coefficient (Wildman–Crippen LogP) is 1.10. The molecule has 4 heteroatoms. The zero-order chi connectivity index (χ0) is 13.5. The molecule has 3 N–H and O–H groups in total. The van der Waals surface area contributed by atoms with Gasteiger partial charge in [-0.05, 0) is 31.6 Å². The molecule has 2 aliphatic rings. The maximum absolute atomic E-state index is 12.1. The van der Waals surface area contributed by atoms with Crippen LogP contribution in [-0.2, 0) is 4.79 Å². The average Bonchev–Trinajstić information content (AvgIpc) is 3.02. The second kappa shape index (κ2) is 4.82. The first kappa shape index (κ1) is 13.8. The van der Waals surface area contributed by atoms with Gasteiger partial charge in [-0.3, -0.25) is 9.69 Å². The first-order chi connectivity index (χ1) is 8.29. The van der Waals surface area contributed by atoms with Gasteiger partial charge in [0.15, 0.2) is 0 Å². The number of hydrogen-bond acceptors (Lipinski definition) is 3. The highest BCUT2D eigenvalue weighted by atomic mass is 16.2. The molecule has 1 saturated heterocycles. The van der Waals surface area contributed by atoms with Gasteiger partial charge in [0, 0.05) is 24.7 Å². The third-order valence-electron chi connectivity index (χ3n) is 4.20. The average molecular weight is 253 g/mol. The number of nitrogens with one attached hydrogen (secondary N) is 1. The van der Waals surface area contributed by atoms with Crippen LogP contribution in [0.2, 0.25) is 0 Å². The Hall–Kier alpha value is -0.610. The summed E-state index contributed by atoms with van der Waals surface area (Å²) >= 11 is 0. The maximum Gasteiger partial charge on any atom is 0.237 e. The number of amides is 1. The molecule has 1 amide bonds. The number of nitrogens with two attached hydrogens (primary N) is 1. The predicted molar refractivity (Wildman–Crippen MR) is 73.2 cm³/mol. The van der Waals surface area contributed by atoms with Gasteiger partial charge in [-0.15, -0.1) is 0 Å². The summed E-state index contributed by atoms with van der Waals surface area (Å²) in [5.74, 6) is -0.00246. The lowest BCUT2D eigenvalue weighted by Crippen LogP contribution is -2.51. The SMILES string of the molecule is CC1CC(NC(=O)[C@@H](N)C(C)(C)C)CN1C1CC1. The van der Waals surface area contributed by atoms with E-state index in [9.17, 15) is 4.79 Å². The van der Waals surface area contributed by atoms with Gasteiger partial charge in [0.25, 0.3) is 0 Å². The molecular weight excluding hydrogens is 226 g/mol. The van der Waals surface area contributed by atoms with E-state index < -0.39 is 6.04 Å². The van der Waals surface area contributed by atoms with Gasteiger partial charge in [-0.1, -0.05) is 20.8 Å². The smallest absolute Gasteiger partial charge is 0.237 e. The molecule has 0 aromatic carbocycles. The monoisotopic (exact) mass is 253 g/mol. The van der Waals surface area contributed by atoms with E-state index in [4.69, 9.17) is 5.73 Å². The molecule has 1 aliphatic carbocycles. The minimum absolute atomic E-state index is 0.00246. The molecule has 4 nitrogen and oxygen atoms in total. The molecule has 2 rings (SSSR count). The molecule has 0 radical (unpaired) electrons. The van der Waals surface area contributed by atoms with Gasteiger partial charge >= 0.3 is 0 Å². The van der Waals surface area contributed by atoms with E-state index in [2.05, 4.69) is 17.1 Å². The van der Waals surface area contributed by atoms with E-state index in [1.807, 2.05) is 20.8 Å². The molecular formula is C14H27N3O. The van der Waals surface area contributed by atoms with E-state index >= 15 is 0 Å². The molecule has 104 valence electrons. The quantitative estimate of drug-likeness (QED) is 0.792. The van der Waals surface area contributed by atoms with Crippen molar-refractivity contribution in [3.63, 3.8) is 0 Å². The highest BCUT2D eigenvalue weighted by molar-refractivity contribution is 5.82. The fourth-order valence-electron chi connectivity index (χ4n) is 2.76. The third kappa shape index (κ3) is 3.04. The van der Waals surface area contributed by atoms with E-state index in [0.29, 0.717) is 6.04 Å². The number of rotatable bonds is 3. The van der Waals surface area contributed by atoms with Gasteiger partial charge < -0.3 is 11.1 Å². The van der Waals surface area contributed by atoms with Crippen LogP contribution in [0, 0.1) is 5.41 Å². The molecule has 1 aliphatic heterocycles. The second-order valence-electron chi connectivity index (χ2n) is 7.06. The summed E-state index contributed by atoms with van der Waals surface area (Å²) in [5.41, 5.74) is 5.81. The van der Waals surface area contributed by atoms with Crippen LogP contribution in [0.5, 0.6) is 0 Å². The molecule has 0 aromatic heterocycles. The highest BCUT2D eigenvalue weighted by Crippen LogP contribution is 2.33. The van der Waals surface area contributed by atoms with Crippen LogP contribution >= 0.6 is 0 Å². The Balaban J connectivity index is 1.85. The lowest BCUT2D eigenvalue weighted by atomic mass is 9.87. The highest BCUT2D eigenvalue weighted by Gasteiger charge is 2.40. The Labute approximate surface area is 110 Å². The second-order valence-corrected chi connectivity index (χ2v) is 7.06. The third-order valence-corrected chi connectivity index (χ3v) is 4.20. The van der Waals surface area contributed by atoms with Crippen LogP contribution in [0.4, 0.5) is 0 Å². The van der Waals surface area contributed by atoms with Crippen LogP contribution in [0.25, 0.3) is 0 Å². The molecule has 2 fully saturated rings. The summed E-state index contributed by atoms with van der Waals surface area (Å²) in [6.07, 6.45) is 3.71. The Morgan fingerprint density at radius 3 is 2.50 bits per heavy atom. The van der Waals surface area contributed by atoms with Gasteiger partial charge in [0.2, 0.25) is 5.91 Å². The van der Waals surface area contributed by atoms with Crippen LogP contribution in [0.3, 0.4) is 0 Å². The summed E-state index contributed by atoms with van der Waals surface area (Å²) in [6.45, 7) is 9.27. The van der Waals surface area contributed by atoms with E-state index in [1.54, 1.807) is 0 Å². The van der Waals surface area contributed by atoms with E-state index in [0.717, 1.165) is 19.0 Å². The number of hydrogen-bond donors (Lipinski definition) is 2. The van der Waals surface area contributed by atoms with Gasteiger partial charge in [-0.2, -0.15) is 0 Å². The van der Waals surface area contributed by atoms with Crippen molar-refractivity contribution < 1.29 is 4.79 Å². The molecule has 18 heavy (non-hydrogen) atoms. The Morgan fingerprint density at radius 1 is 1.39 bits per heavy atom. The summed E-state index contributed by atoms with van der Waals surface area (Å²) in [4.78, 5) is 14.6. The van der Waals surface area contributed by atoms with E-state index in [1.165, 1.54) is 12.8 Å². The minimum atomic E-state index is -0.428. The Morgan fingerprint density at radius 2 is 2.00 bits per heavy atom. The number of carbonyl (C=O) groups excluding carboxylic acids is 1. The normalized spacial score (nSPS) is 31.4. The Bertz CT molecular complexity index is 319. The van der Waals surface area contributed by atoms with Crippen molar-refractivity contribution in [2.24, 2.45) is 11.1 Å². The summed E-state index contributed by atoms with van der Waals surface area (Å²) in [7, 11) is 0. The molecule has 1 heterocycles. The summed E-state index contributed by atoms with van der Waals surface area (Å²) in [5, 5.41) is 3.12. The number of carbonyl (C=O) groups is 1.